The number of hydrogen-bond donors (Lipinski definition) is 1. The minimum Gasteiger partial charge on any atom is -0.342 e. The number of rotatable bonds is 4. The molecular weight excluding hydrogens is 305 g/mol. The van der Waals surface area contributed by atoms with E-state index in [9.17, 15) is 18.0 Å². The van der Waals surface area contributed by atoms with E-state index < -0.39 is 11.7 Å². The number of amides is 1. The first kappa shape index (κ1) is 17.8. The second kappa shape index (κ2) is 7.34. The van der Waals surface area contributed by atoms with E-state index in [2.05, 4.69) is 0 Å². The standard InChI is InChI=1S/C17H23F3N2O/c1-12(16(23)22-8-6-14(11-21)7-9-22)10-13-2-4-15(5-3-13)17(18,19)20/h2-5,12,14H,6-11,21H2,1H3. The highest BCUT2D eigenvalue weighted by atomic mass is 19.4. The highest BCUT2D eigenvalue weighted by Crippen LogP contribution is 2.29. The number of alkyl halides is 3. The summed E-state index contributed by atoms with van der Waals surface area (Å²) < 4.78 is 37.6. The van der Waals surface area contributed by atoms with Gasteiger partial charge in [-0.1, -0.05) is 19.1 Å². The van der Waals surface area contributed by atoms with E-state index in [-0.39, 0.29) is 11.8 Å². The van der Waals surface area contributed by atoms with Crippen molar-refractivity contribution in [3.05, 3.63) is 35.4 Å². The predicted molar refractivity (Wildman–Crippen MR) is 82.7 cm³/mol. The Morgan fingerprint density at radius 2 is 1.83 bits per heavy atom. The highest BCUT2D eigenvalue weighted by molar-refractivity contribution is 5.78. The topological polar surface area (TPSA) is 46.3 Å². The lowest BCUT2D eigenvalue weighted by molar-refractivity contribution is -0.138. The van der Waals surface area contributed by atoms with Gasteiger partial charge in [-0.05, 0) is 49.4 Å². The average Bonchev–Trinajstić information content (AvgIpc) is 2.54. The molecule has 128 valence electrons. The van der Waals surface area contributed by atoms with Gasteiger partial charge < -0.3 is 10.6 Å². The molecule has 0 saturated carbocycles. The van der Waals surface area contributed by atoms with Gasteiger partial charge in [0.15, 0.2) is 0 Å². The van der Waals surface area contributed by atoms with Gasteiger partial charge in [-0.15, -0.1) is 0 Å². The summed E-state index contributed by atoms with van der Waals surface area (Å²) in [6.45, 7) is 3.92. The first-order chi connectivity index (χ1) is 10.8. The molecule has 3 nitrogen and oxygen atoms in total. The van der Waals surface area contributed by atoms with Crippen LogP contribution in [0, 0.1) is 11.8 Å². The Kier molecular flexibility index (Phi) is 5.68. The van der Waals surface area contributed by atoms with Crippen molar-refractivity contribution in [2.45, 2.75) is 32.4 Å². The molecule has 1 atom stereocenters. The summed E-state index contributed by atoms with van der Waals surface area (Å²) in [7, 11) is 0. The van der Waals surface area contributed by atoms with Crippen molar-refractivity contribution in [3.8, 4) is 0 Å². The summed E-state index contributed by atoms with van der Waals surface area (Å²) in [6.07, 6.45) is -2.02. The number of carbonyl (C=O) groups is 1. The van der Waals surface area contributed by atoms with E-state index >= 15 is 0 Å². The number of carbonyl (C=O) groups excluding carboxylic acids is 1. The smallest absolute Gasteiger partial charge is 0.342 e. The summed E-state index contributed by atoms with van der Waals surface area (Å²) in [5.74, 6) is 0.325. The first-order valence-corrected chi connectivity index (χ1v) is 7.96. The van der Waals surface area contributed by atoms with Crippen LogP contribution >= 0.6 is 0 Å². The summed E-state index contributed by atoms with van der Waals surface area (Å²) in [5.41, 5.74) is 5.73. The van der Waals surface area contributed by atoms with Gasteiger partial charge in [0.25, 0.3) is 0 Å². The molecule has 0 radical (unpaired) electrons. The molecule has 2 rings (SSSR count). The van der Waals surface area contributed by atoms with Crippen molar-refractivity contribution < 1.29 is 18.0 Å². The number of piperidine rings is 1. The number of likely N-dealkylation sites (tertiary alicyclic amines) is 1. The zero-order valence-corrected chi connectivity index (χ0v) is 13.3. The van der Waals surface area contributed by atoms with Crippen LogP contribution in [0.3, 0.4) is 0 Å². The molecule has 1 fully saturated rings. The van der Waals surface area contributed by atoms with Crippen molar-refractivity contribution in [2.24, 2.45) is 17.6 Å². The average molecular weight is 328 g/mol. The molecule has 1 aliphatic heterocycles. The molecule has 0 aromatic heterocycles. The van der Waals surface area contributed by atoms with Gasteiger partial charge in [0.2, 0.25) is 5.91 Å². The lowest BCUT2D eigenvalue weighted by Crippen LogP contribution is -2.42. The Labute approximate surface area is 134 Å². The SMILES string of the molecule is CC(Cc1ccc(C(F)(F)F)cc1)C(=O)N1CCC(CN)CC1. The van der Waals surface area contributed by atoms with Crippen molar-refractivity contribution in [2.75, 3.05) is 19.6 Å². The maximum Gasteiger partial charge on any atom is 0.416 e. The van der Waals surface area contributed by atoms with Crippen LogP contribution in [0.5, 0.6) is 0 Å². The molecule has 1 amide bonds. The van der Waals surface area contributed by atoms with E-state index in [1.165, 1.54) is 12.1 Å². The third kappa shape index (κ3) is 4.70. The van der Waals surface area contributed by atoms with Gasteiger partial charge >= 0.3 is 6.18 Å². The molecule has 1 heterocycles. The lowest BCUT2D eigenvalue weighted by Gasteiger charge is -2.33. The molecular formula is C17H23F3N2O. The number of nitrogens with two attached hydrogens (primary N) is 1. The van der Waals surface area contributed by atoms with Gasteiger partial charge in [0, 0.05) is 19.0 Å². The van der Waals surface area contributed by atoms with Crippen LogP contribution in [0.4, 0.5) is 13.2 Å². The number of halogens is 3. The Balaban J connectivity index is 1.91. The van der Waals surface area contributed by atoms with Crippen LogP contribution in [0.25, 0.3) is 0 Å². The van der Waals surface area contributed by atoms with Crippen molar-refractivity contribution in [3.63, 3.8) is 0 Å². The molecule has 0 spiro atoms. The highest BCUT2D eigenvalue weighted by Gasteiger charge is 2.30. The van der Waals surface area contributed by atoms with Crippen LogP contribution in [-0.4, -0.2) is 30.4 Å². The first-order valence-electron chi connectivity index (χ1n) is 7.96. The van der Waals surface area contributed by atoms with E-state index in [1.807, 2.05) is 11.8 Å². The van der Waals surface area contributed by atoms with Crippen molar-refractivity contribution >= 4 is 5.91 Å². The second-order valence-corrected chi connectivity index (χ2v) is 6.30. The van der Waals surface area contributed by atoms with Gasteiger partial charge in [-0.25, -0.2) is 0 Å². The van der Waals surface area contributed by atoms with Gasteiger partial charge in [0.05, 0.1) is 5.56 Å². The van der Waals surface area contributed by atoms with Crippen LogP contribution in [0.1, 0.15) is 30.9 Å². The molecule has 1 aliphatic rings. The third-order valence-corrected chi connectivity index (χ3v) is 4.50. The number of nitrogens with zero attached hydrogens (tertiary/aromatic N) is 1. The third-order valence-electron chi connectivity index (χ3n) is 4.50. The molecule has 1 unspecified atom stereocenters. The van der Waals surface area contributed by atoms with Crippen molar-refractivity contribution in [1.29, 1.82) is 0 Å². The normalized spacial score (nSPS) is 18.0. The molecule has 1 saturated heterocycles. The van der Waals surface area contributed by atoms with Gasteiger partial charge in [0.1, 0.15) is 0 Å². The summed E-state index contributed by atoms with van der Waals surface area (Å²) in [6, 6.07) is 5.04. The van der Waals surface area contributed by atoms with Crippen LogP contribution in [0.15, 0.2) is 24.3 Å². The van der Waals surface area contributed by atoms with Crippen LogP contribution in [-0.2, 0) is 17.4 Å². The largest absolute Gasteiger partial charge is 0.416 e. The van der Waals surface area contributed by atoms with Crippen LogP contribution in [0.2, 0.25) is 0 Å². The molecule has 23 heavy (non-hydrogen) atoms. The Hall–Kier alpha value is -1.56. The monoisotopic (exact) mass is 328 g/mol. The summed E-state index contributed by atoms with van der Waals surface area (Å²) in [4.78, 5) is 14.3. The minimum absolute atomic E-state index is 0.0698. The fraction of sp³-hybridized carbons (Fsp3) is 0.588. The fourth-order valence-corrected chi connectivity index (χ4v) is 2.97. The molecule has 1 aromatic rings. The van der Waals surface area contributed by atoms with Gasteiger partial charge in [-0.3, -0.25) is 4.79 Å². The molecule has 0 aliphatic carbocycles. The quantitative estimate of drug-likeness (QED) is 0.923. The van der Waals surface area contributed by atoms with Gasteiger partial charge in [-0.2, -0.15) is 13.2 Å². The molecule has 0 bridgehead atoms. The zero-order chi connectivity index (χ0) is 17.0. The Bertz CT molecular complexity index is 520. The second-order valence-electron chi connectivity index (χ2n) is 6.30. The van der Waals surface area contributed by atoms with E-state index in [0.717, 1.165) is 43.6 Å². The zero-order valence-electron chi connectivity index (χ0n) is 13.3. The molecule has 2 N–H and O–H groups in total. The molecule has 1 aromatic carbocycles. The Morgan fingerprint density at radius 3 is 2.30 bits per heavy atom. The van der Waals surface area contributed by atoms with E-state index in [0.29, 0.717) is 18.9 Å². The van der Waals surface area contributed by atoms with Crippen molar-refractivity contribution in [1.82, 2.24) is 4.90 Å². The lowest BCUT2D eigenvalue weighted by atomic mass is 9.94. The fourth-order valence-electron chi connectivity index (χ4n) is 2.97. The number of hydrogen-bond acceptors (Lipinski definition) is 2. The summed E-state index contributed by atoms with van der Waals surface area (Å²) in [5, 5.41) is 0. The predicted octanol–water partition coefficient (Wildman–Crippen LogP) is 3.08. The Morgan fingerprint density at radius 1 is 1.26 bits per heavy atom. The summed E-state index contributed by atoms with van der Waals surface area (Å²) >= 11 is 0. The number of benzene rings is 1. The van der Waals surface area contributed by atoms with Crippen LogP contribution < -0.4 is 5.73 Å². The van der Waals surface area contributed by atoms with E-state index in [4.69, 9.17) is 5.73 Å². The maximum atomic E-state index is 12.5. The van der Waals surface area contributed by atoms with E-state index in [1.54, 1.807) is 0 Å². The maximum absolute atomic E-state index is 12.5. The molecule has 6 heteroatoms. The minimum atomic E-state index is -4.33.